The minimum absolute atomic E-state index is 0.920. The van der Waals surface area contributed by atoms with Crippen molar-refractivity contribution < 1.29 is 4.42 Å². The zero-order valence-corrected chi connectivity index (χ0v) is 22.9. The van der Waals surface area contributed by atoms with Gasteiger partial charge in [-0.3, -0.25) is 0 Å². The second-order valence-electron chi connectivity index (χ2n) is 10.5. The Kier molecular flexibility index (Phi) is 4.80. The van der Waals surface area contributed by atoms with Gasteiger partial charge in [0, 0.05) is 37.5 Å². The van der Waals surface area contributed by atoms with Gasteiger partial charge in [0.2, 0.25) is 0 Å². The lowest BCUT2D eigenvalue weighted by Crippen LogP contribution is -1.93. The van der Waals surface area contributed by atoms with E-state index in [9.17, 15) is 0 Å². The number of fused-ring (bicyclic) bond motifs is 8. The van der Waals surface area contributed by atoms with E-state index in [1.165, 1.54) is 59.1 Å². The summed E-state index contributed by atoms with van der Waals surface area (Å²) in [5, 5.41) is 4.88. The van der Waals surface area contributed by atoms with Crippen molar-refractivity contribution in [3.63, 3.8) is 0 Å². The van der Waals surface area contributed by atoms with E-state index in [-0.39, 0.29) is 0 Å². The molecule has 3 aromatic heterocycles. The Morgan fingerprint density at radius 3 is 2.05 bits per heavy atom. The fraction of sp³-hybridized carbons (Fsp3) is 0. The SMILES string of the molecule is c1ccc(-n2c3ccccc3c3sc4c(-c5ccccc5-c5ccc6oc7ccccc7c6c5)cccc4c32)cc1. The van der Waals surface area contributed by atoms with E-state index in [1.54, 1.807) is 0 Å². The topological polar surface area (TPSA) is 18.1 Å². The molecule has 9 aromatic rings. The van der Waals surface area contributed by atoms with Crippen LogP contribution in [0.1, 0.15) is 0 Å². The summed E-state index contributed by atoms with van der Waals surface area (Å²) in [6.45, 7) is 0. The zero-order chi connectivity index (χ0) is 26.9. The predicted octanol–water partition coefficient (Wildman–Crippen LogP) is 11.2. The molecule has 3 heterocycles. The van der Waals surface area contributed by atoms with Crippen LogP contribution >= 0.6 is 11.3 Å². The smallest absolute Gasteiger partial charge is 0.135 e. The lowest BCUT2D eigenvalue weighted by Gasteiger charge is -2.12. The number of hydrogen-bond donors (Lipinski definition) is 0. The van der Waals surface area contributed by atoms with Crippen LogP contribution < -0.4 is 0 Å². The van der Waals surface area contributed by atoms with Crippen molar-refractivity contribution >= 4 is 64.5 Å². The average molecular weight is 542 g/mol. The summed E-state index contributed by atoms with van der Waals surface area (Å²) >= 11 is 1.90. The van der Waals surface area contributed by atoms with Gasteiger partial charge >= 0.3 is 0 Å². The number of aromatic nitrogens is 1. The highest BCUT2D eigenvalue weighted by molar-refractivity contribution is 7.27. The maximum absolute atomic E-state index is 6.12. The Hall–Kier alpha value is -5.12. The first-order chi connectivity index (χ1) is 20.3. The second kappa shape index (κ2) is 8.69. The van der Waals surface area contributed by atoms with Crippen LogP contribution in [-0.2, 0) is 0 Å². The molecule has 0 N–H and O–H groups in total. The molecular weight excluding hydrogens is 518 g/mol. The summed E-state index contributed by atoms with van der Waals surface area (Å²) in [5.41, 5.74) is 10.5. The third-order valence-corrected chi connectivity index (χ3v) is 9.48. The molecular formula is C38H23NOS. The molecule has 0 saturated heterocycles. The standard InChI is InChI=1S/C38H23NOS/c1-2-11-25(12-3-1)39-33-19-8-6-16-30(33)38-36(39)31-18-10-17-29(37(31)41-38)27-14-5-4-13-26(27)24-21-22-35-32(23-24)28-15-7-9-20-34(28)40-35/h1-23H. The fourth-order valence-corrected chi connectivity index (χ4v) is 7.76. The van der Waals surface area contributed by atoms with Crippen molar-refractivity contribution in [1.29, 1.82) is 0 Å². The maximum Gasteiger partial charge on any atom is 0.135 e. The van der Waals surface area contributed by atoms with Crippen molar-refractivity contribution in [3.05, 3.63) is 140 Å². The molecule has 0 radical (unpaired) electrons. The first-order valence-electron chi connectivity index (χ1n) is 13.9. The normalized spacial score (nSPS) is 11.9. The Bertz CT molecular complexity index is 2420. The van der Waals surface area contributed by atoms with Crippen molar-refractivity contribution in [2.45, 2.75) is 0 Å². The fourth-order valence-electron chi connectivity index (χ4n) is 6.41. The molecule has 0 spiro atoms. The van der Waals surface area contributed by atoms with Crippen LogP contribution in [0.25, 0.3) is 81.1 Å². The molecule has 0 bridgehead atoms. The summed E-state index contributed by atoms with van der Waals surface area (Å²) in [6, 6.07) is 49.9. The van der Waals surface area contributed by atoms with Crippen molar-refractivity contribution in [2.75, 3.05) is 0 Å². The molecule has 9 rings (SSSR count). The monoisotopic (exact) mass is 541 g/mol. The quantitative estimate of drug-likeness (QED) is 0.217. The largest absolute Gasteiger partial charge is 0.456 e. The molecule has 0 fully saturated rings. The van der Waals surface area contributed by atoms with Gasteiger partial charge in [-0.15, -0.1) is 11.3 Å². The molecule has 2 nitrogen and oxygen atoms in total. The highest BCUT2D eigenvalue weighted by atomic mass is 32.1. The van der Waals surface area contributed by atoms with Gasteiger partial charge in [-0.1, -0.05) is 103 Å². The Balaban J connectivity index is 1.32. The number of rotatable bonds is 3. The third kappa shape index (κ3) is 3.30. The van der Waals surface area contributed by atoms with Gasteiger partial charge in [0.1, 0.15) is 11.2 Å². The summed E-state index contributed by atoms with van der Waals surface area (Å²) < 4.78 is 11.2. The van der Waals surface area contributed by atoms with Crippen LogP contribution in [0, 0.1) is 0 Å². The molecule has 0 aliphatic rings. The first kappa shape index (κ1) is 22.7. The number of thiophene rings is 1. The van der Waals surface area contributed by atoms with E-state index in [4.69, 9.17) is 4.42 Å². The lowest BCUT2D eigenvalue weighted by molar-refractivity contribution is 0.669. The highest BCUT2D eigenvalue weighted by Gasteiger charge is 2.20. The number of hydrogen-bond acceptors (Lipinski definition) is 2. The van der Waals surface area contributed by atoms with Gasteiger partial charge in [0.05, 0.1) is 15.7 Å². The maximum atomic E-state index is 6.12. The van der Waals surface area contributed by atoms with Gasteiger partial charge < -0.3 is 8.98 Å². The van der Waals surface area contributed by atoms with Gasteiger partial charge in [-0.2, -0.15) is 0 Å². The summed E-state index contributed by atoms with van der Waals surface area (Å²) in [6.07, 6.45) is 0. The number of para-hydroxylation sites is 3. The number of benzene rings is 6. The van der Waals surface area contributed by atoms with Crippen molar-refractivity contribution in [2.24, 2.45) is 0 Å². The van der Waals surface area contributed by atoms with Gasteiger partial charge in [-0.25, -0.2) is 0 Å². The third-order valence-electron chi connectivity index (χ3n) is 8.22. The molecule has 6 aromatic carbocycles. The minimum Gasteiger partial charge on any atom is -0.456 e. The lowest BCUT2D eigenvalue weighted by atomic mass is 9.93. The molecule has 0 amide bonds. The van der Waals surface area contributed by atoms with E-state index in [0.29, 0.717) is 0 Å². The molecule has 3 heteroatoms. The summed E-state index contributed by atoms with van der Waals surface area (Å²) in [7, 11) is 0. The van der Waals surface area contributed by atoms with E-state index in [1.807, 2.05) is 23.5 Å². The van der Waals surface area contributed by atoms with E-state index in [0.717, 1.165) is 21.9 Å². The van der Waals surface area contributed by atoms with E-state index < -0.39 is 0 Å². The minimum atomic E-state index is 0.920. The van der Waals surface area contributed by atoms with E-state index >= 15 is 0 Å². The summed E-state index contributed by atoms with van der Waals surface area (Å²) in [5.74, 6) is 0. The molecule has 0 aliphatic heterocycles. The van der Waals surface area contributed by atoms with Crippen LogP contribution in [0.2, 0.25) is 0 Å². The molecule has 0 saturated carbocycles. The Morgan fingerprint density at radius 1 is 0.463 bits per heavy atom. The van der Waals surface area contributed by atoms with Crippen LogP contribution in [-0.4, -0.2) is 4.57 Å². The Labute approximate surface area is 240 Å². The first-order valence-corrected chi connectivity index (χ1v) is 14.7. The van der Waals surface area contributed by atoms with Crippen molar-refractivity contribution in [3.8, 4) is 27.9 Å². The second-order valence-corrected chi connectivity index (χ2v) is 11.5. The molecule has 0 aliphatic carbocycles. The number of nitrogens with zero attached hydrogens (tertiary/aromatic N) is 1. The van der Waals surface area contributed by atoms with Crippen molar-refractivity contribution in [1.82, 2.24) is 4.57 Å². The molecule has 41 heavy (non-hydrogen) atoms. The van der Waals surface area contributed by atoms with E-state index in [2.05, 4.69) is 132 Å². The van der Waals surface area contributed by atoms with Gasteiger partial charge in [-0.05, 0) is 53.1 Å². The molecule has 0 unspecified atom stereocenters. The van der Waals surface area contributed by atoms with Gasteiger partial charge in [0.15, 0.2) is 0 Å². The van der Waals surface area contributed by atoms with Crippen LogP contribution in [0.3, 0.4) is 0 Å². The zero-order valence-electron chi connectivity index (χ0n) is 22.0. The van der Waals surface area contributed by atoms with Gasteiger partial charge in [0.25, 0.3) is 0 Å². The average Bonchev–Trinajstić information content (AvgIpc) is 3.70. The Morgan fingerprint density at radius 2 is 1.15 bits per heavy atom. The number of furan rings is 1. The summed E-state index contributed by atoms with van der Waals surface area (Å²) in [4.78, 5) is 0. The van der Waals surface area contributed by atoms with Crippen LogP contribution in [0.5, 0.6) is 0 Å². The van der Waals surface area contributed by atoms with Crippen LogP contribution in [0.4, 0.5) is 0 Å². The molecule has 192 valence electrons. The van der Waals surface area contributed by atoms with Crippen LogP contribution in [0.15, 0.2) is 144 Å². The molecule has 0 atom stereocenters. The highest BCUT2D eigenvalue weighted by Crippen LogP contribution is 2.47. The predicted molar refractivity (Wildman–Crippen MR) is 174 cm³/mol.